The van der Waals surface area contributed by atoms with Crippen molar-refractivity contribution in [3.63, 3.8) is 0 Å². The van der Waals surface area contributed by atoms with Crippen LogP contribution in [-0.4, -0.2) is 42.5 Å². The first-order valence-electron chi connectivity index (χ1n) is 5.94. The number of anilines is 1. The van der Waals surface area contributed by atoms with Crippen molar-refractivity contribution in [3.05, 3.63) is 23.6 Å². The van der Waals surface area contributed by atoms with Crippen molar-refractivity contribution in [2.75, 3.05) is 32.4 Å². The molecular weight excluding hydrogens is 235 g/mol. The van der Waals surface area contributed by atoms with Crippen molar-refractivity contribution in [1.29, 1.82) is 0 Å². The van der Waals surface area contributed by atoms with E-state index in [9.17, 15) is 9.18 Å². The van der Waals surface area contributed by atoms with Gasteiger partial charge in [0.25, 0.3) is 5.91 Å². The lowest BCUT2D eigenvalue weighted by atomic mass is 10.1. The number of nitrogen functional groups attached to an aromatic ring is 1. The van der Waals surface area contributed by atoms with Crippen molar-refractivity contribution in [2.45, 2.75) is 6.42 Å². The molecule has 1 saturated heterocycles. The molecule has 1 fully saturated rings. The van der Waals surface area contributed by atoms with Crippen LogP contribution in [-0.2, 0) is 0 Å². The van der Waals surface area contributed by atoms with Crippen LogP contribution in [0.3, 0.4) is 0 Å². The monoisotopic (exact) mass is 252 g/mol. The Labute approximate surface area is 105 Å². The van der Waals surface area contributed by atoms with Crippen LogP contribution in [0.25, 0.3) is 0 Å². The van der Waals surface area contributed by atoms with Crippen molar-refractivity contribution < 1.29 is 9.18 Å². The fourth-order valence-electron chi connectivity index (χ4n) is 2.16. The number of nitrogens with zero attached hydrogens (tertiary/aromatic N) is 2. The molecule has 2 rings (SSSR count). The second kappa shape index (κ2) is 5.30. The van der Waals surface area contributed by atoms with Gasteiger partial charge in [-0.25, -0.2) is 9.37 Å². The minimum Gasteiger partial charge on any atom is -0.383 e. The average Bonchev–Trinajstić information content (AvgIpc) is 2.75. The molecule has 18 heavy (non-hydrogen) atoms. The summed E-state index contributed by atoms with van der Waals surface area (Å²) < 4.78 is 13.0. The third kappa shape index (κ3) is 2.95. The average molecular weight is 252 g/mol. The summed E-state index contributed by atoms with van der Waals surface area (Å²) in [4.78, 5) is 17.7. The Morgan fingerprint density at radius 3 is 3.17 bits per heavy atom. The lowest BCUT2D eigenvalue weighted by Gasteiger charge is -2.12. The number of aromatic nitrogens is 1. The normalized spacial score (nSPS) is 20.0. The Morgan fingerprint density at radius 1 is 1.72 bits per heavy atom. The Morgan fingerprint density at radius 2 is 2.50 bits per heavy atom. The second-order valence-electron chi connectivity index (χ2n) is 4.71. The topological polar surface area (TPSA) is 71.2 Å². The van der Waals surface area contributed by atoms with Crippen LogP contribution in [0.4, 0.5) is 10.2 Å². The van der Waals surface area contributed by atoms with E-state index < -0.39 is 5.82 Å². The molecule has 1 aliphatic heterocycles. The summed E-state index contributed by atoms with van der Waals surface area (Å²) in [7, 11) is 2.05. The molecule has 1 aromatic rings. The number of carbonyl (C=O) groups is 1. The highest BCUT2D eigenvalue weighted by Gasteiger charge is 2.20. The van der Waals surface area contributed by atoms with Gasteiger partial charge in [-0.3, -0.25) is 4.79 Å². The molecule has 0 aliphatic carbocycles. The van der Waals surface area contributed by atoms with Gasteiger partial charge in [-0.15, -0.1) is 0 Å². The predicted molar refractivity (Wildman–Crippen MR) is 66.5 cm³/mol. The molecule has 1 atom stereocenters. The van der Waals surface area contributed by atoms with E-state index in [1.807, 2.05) is 0 Å². The van der Waals surface area contributed by atoms with E-state index in [4.69, 9.17) is 5.73 Å². The third-order valence-electron chi connectivity index (χ3n) is 3.17. The zero-order valence-corrected chi connectivity index (χ0v) is 10.3. The number of nitrogens with one attached hydrogen (secondary N) is 1. The molecular formula is C12H17FN4O. The van der Waals surface area contributed by atoms with E-state index in [-0.39, 0.29) is 17.3 Å². The Balaban J connectivity index is 1.93. The molecule has 5 nitrogen and oxygen atoms in total. The van der Waals surface area contributed by atoms with Crippen LogP contribution in [0.1, 0.15) is 16.8 Å². The summed E-state index contributed by atoms with van der Waals surface area (Å²) in [5, 5.41) is 2.78. The summed E-state index contributed by atoms with van der Waals surface area (Å²) in [6.45, 7) is 2.60. The number of halogens is 1. The van der Waals surface area contributed by atoms with Gasteiger partial charge < -0.3 is 16.0 Å². The molecule has 0 aromatic carbocycles. The predicted octanol–water partition coefficient (Wildman–Crippen LogP) is 0.484. The van der Waals surface area contributed by atoms with Gasteiger partial charge in [0.15, 0.2) is 0 Å². The highest BCUT2D eigenvalue weighted by atomic mass is 19.1. The number of likely N-dealkylation sites (tertiary alicyclic amines) is 1. The van der Waals surface area contributed by atoms with Gasteiger partial charge in [0.05, 0.1) is 11.8 Å². The standard InChI is InChI=1S/C12H17FN4O/c1-17-3-2-8(7-17)5-16-12(18)10-4-9(13)6-15-11(10)14/h4,6,8H,2-3,5,7H2,1H3,(H2,14,15)(H,16,18). The summed E-state index contributed by atoms with van der Waals surface area (Å²) in [5.74, 6) is -0.428. The summed E-state index contributed by atoms with van der Waals surface area (Å²) in [6, 6.07) is 1.11. The van der Waals surface area contributed by atoms with Crippen molar-refractivity contribution in [1.82, 2.24) is 15.2 Å². The van der Waals surface area contributed by atoms with Crippen molar-refractivity contribution in [3.8, 4) is 0 Å². The van der Waals surface area contributed by atoms with E-state index in [2.05, 4.69) is 22.2 Å². The number of hydrogen-bond acceptors (Lipinski definition) is 4. The Bertz CT molecular complexity index is 452. The smallest absolute Gasteiger partial charge is 0.255 e. The fraction of sp³-hybridized carbons (Fsp3) is 0.500. The molecule has 2 heterocycles. The van der Waals surface area contributed by atoms with Crippen LogP contribution >= 0.6 is 0 Å². The molecule has 0 bridgehead atoms. The van der Waals surface area contributed by atoms with Gasteiger partial charge in [-0.1, -0.05) is 0 Å². The molecule has 0 spiro atoms. The molecule has 1 amide bonds. The summed E-state index contributed by atoms with van der Waals surface area (Å²) in [6.07, 6.45) is 2.06. The van der Waals surface area contributed by atoms with Crippen LogP contribution < -0.4 is 11.1 Å². The SMILES string of the molecule is CN1CCC(CNC(=O)c2cc(F)cnc2N)C1. The molecule has 3 N–H and O–H groups in total. The van der Waals surface area contributed by atoms with Crippen LogP contribution in [0, 0.1) is 11.7 Å². The molecule has 1 aliphatic rings. The highest BCUT2D eigenvalue weighted by Crippen LogP contribution is 2.14. The van der Waals surface area contributed by atoms with E-state index in [1.165, 1.54) is 0 Å². The van der Waals surface area contributed by atoms with Crippen LogP contribution in [0.15, 0.2) is 12.3 Å². The lowest BCUT2D eigenvalue weighted by Crippen LogP contribution is -2.31. The number of pyridine rings is 1. The quantitative estimate of drug-likeness (QED) is 0.821. The van der Waals surface area contributed by atoms with Crippen LogP contribution in [0.5, 0.6) is 0 Å². The van der Waals surface area contributed by atoms with E-state index in [0.717, 1.165) is 31.8 Å². The molecule has 0 radical (unpaired) electrons. The van der Waals surface area contributed by atoms with Gasteiger partial charge in [0.2, 0.25) is 0 Å². The molecule has 0 saturated carbocycles. The summed E-state index contributed by atoms with van der Waals surface area (Å²) >= 11 is 0. The number of hydrogen-bond donors (Lipinski definition) is 2. The van der Waals surface area contributed by atoms with E-state index in [0.29, 0.717) is 12.5 Å². The minimum absolute atomic E-state index is 0.0532. The second-order valence-corrected chi connectivity index (χ2v) is 4.71. The zero-order valence-electron chi connectivity index (χ0n) is 10.3. The molecule has 1 unspecified atom stereocenters. The van der Waals surface area contributed by atoms with Crippen molar-refractivity contribution in [2.24, 2.45) is 5.92 Å². The maximum Gasteiger partial charge on any atom is 0.255 e. The number of nitrogens with two attached hydrogens (primary N) is 1. The van der Waals surface area contributed by atoms with Gasteiger partial charge in [-0.05, 0) is 32.0 Å². The van der Waals surface area contributed by atoms with Gasteiger partial charge >= 0.3 is 0 Å². The first-order chi connectivity index (χ1) is 8.56. The van der Waals surface area contributed by atoms with Gasteiger partial charge in [-0.2, -0.15) is 0 Å². The number of carbonyl (C=O) groups excluding carboxylic acids is 1. The molecule has 6 heteroatoms. The largest absolute Gasteiger partial charge is 0.383 e. The minimum atomic E-state index is -0.560. The van der Waals surface area contributed by atoms with Crippen molar-refractivity contribution >= 4 is 11.7 Å². The van der Waals surface area contributed by atoms with E-state index in [1.54, 1.807) is 0 Å². The lowest BCUT2D eigenvalue weighted by molar-refractivity contribution is 0.0947. The van der Waals surface area contributed by atoms with Crippen LogP contribution in [0.2, 0.25) is 0 Å². The Kier molecular flexibility index (Phi) is 3.76. The molecule has 1 aromatic heterocycles. The number of amides is 1. The maximum absolute atomic E-state index is 13.0. The first-order valence-corrected chi connectivity index (χ1v) is 5.94. The van der Waals surface area contributed by atoms with E-state index >= 15 is 0 Å². The summed E-state index contributed by atoms with van der Waals surface area (Å²) in [5.41, 5.74) is 5.65. The molecule has 98 valence electrons. The fourth-order valence-corrected chi connectivity index (χ4v) is 2.16. The maximum atomic E-state index is 13.0. The third-order valence-corrected chi connectivity index (χ3v) is 3.17. The first kappa shape index (κ1) is 12.8. The number of rotatable bonds is 3. The Hall–Kier alpha value is -1.69. The van der Waals surface area contributed by atoms with Gasteiger partial charge in [0.1, 0.15) is 11.6 Å². The highest BCUT2D eigenvalue weighted by molar-refractivity contribution is 5.98. The zero-order chi connectivity index (χ0) is 13.1. The van der Waals surface area contributed by atoms with Gasteiger partial charge in [0, 0.05) is 13.1 Å².